The van der Waals surface area contributed by atoms with Crippen LogP contribution in [0.5, 0.6) is 5.75 Å². The van der Waals surface area contributed by atoms with Gasteiger partial charge in [-0.2, -0.15) is 0 Å². The van der Waals surface area contributed by atoms with E-state index in [1.54, 1.807) is 12.3 Å². The normalized spacial score (nSPS) is 10.8. The van der Waals surface area contributed by atoms with Gasteiger partial charge in [-0.3, -0.25) is 9.36 Å². The molecule has 0 saturated carbocycles. The summed E-state index contributed by atoms with van der Waals surface area (Å²) in [6.45, 7) is 4.59. The topological polar surface area (TPSA) is 81.9 Å². The molecule has 0 aliphatic carbocycles. The monoisotopic (exact) mass is 633 g/mol. The van der Waals surface area contributed by atoms with Crippen LogP contribution >= 0.6 is 55.0 Å². The number of thioether (sulfide) groups is 1. The lowest BCUT2D eigenvalue weighted by atomic mass is 10.1. The minimum atomic E-state index is -0.152. The van der Waals surface area contributed by atoms with Crippen molar-refractivity contribution in [1.29, 1.82) is 0 Å². The lowest BCUT2D eigenvalue weighted by molar-refractivity contribution is -0.113. The zero-order valence-electron chi connectivity index (χ0n) is 18.5. The van der Waals surface area contributed by atoms with Crippen molar-refractivity contribution < 1.29 is 9.53 Å². The number of nitrogens with one attached hydrogen (secondary N) is 1. The summed E-state index contributed by atoms with van der Waals surface area (Å²) in [7, 11) is 0. The molecule has 4 aromatic rings. The van der Waals surface area contributed by atoms with Crippen molar-refractivity contribution in [2.45, 2.75) is 24.7 Å². The van der Waals surface area contributed by atoms with Gasteiger partial charge < -0.3 is 10.1 Å². The Hall–Kier alpha value is -2.47. The minimum Gasteiger partial charge on any atom is -0.486 e. The molecule has 0 saturated heterocycles. The van der Waals surface area contributed by atoms with Crippen molar-refractivity contribution in [1.82, 2.24) is 19.7 Å². The average molecular weight is 635 g/mol. The van der Waals surface area contributed by atoms with Crippen LogP contribution in [0.15, 0.2) is 81.5 Å². The fraction of sp³-hybridized carbons (Fsp3) is 0.167. The molecule has 0 atom stereocenters. The Morgan fingerprint density at radius 3 is 2.54 bits per heavy atom. The van der Waals surface area contributed by atoms with Crippen molar-refractivity contribution >= 4 is 66.0 Å². The molecule has 0 aliphatic rings. The summed E-state index contributed by atoms with van der Waals surface area (Å²) in [5.41, 5.74) is 1.19. The van der Waals surface area contributed by atoms with Gasteiger partial charge in [-0.05, 0) is 42.0 Å². The predicted molar refractivity (Wildman–Crippen MR) is 147 cm³/mol. The second kappa shape index (κ2) is 12.5. The number of hydrogen-bond donors (Lipinski definition) is 1. The first-order valence-corrected chi connectivity index (χ1v) is 13.9. The first kappa shape index (κ1) is 25.6. The minimum absolute atomic E-state index is 0.152. The number of nitrogens with zero attached hydrogens (tertiary/aromatic N) is 4. The number of halogens is 2. The Balaban J connectivity index is 1.31. The molecular formula is C24H21Br2N5O2S2. The highest BCUT2D eigenvalue weighted by Gasteiger charge is 2.15. The van der Waals surface area contributed by atoms with E-state index in [1.807, 2.05) is 41.0 Å². The third-order valence-electron chi connectivity index (χ3n) is 4.71. The van der Waals surface area contributed by atoms with E-state index in [-0.39, 0.29) is 18.3 Å². The molecule has 180 valence electrons. The number of aromatic nitrogens is 4. The van der Waals surface area contributed by atoms with Gasteiger partial charge in [0.1, 0.15) is 12.4 Å². The van der Waals surface area contributed by atoms with E-state index in [0.717, 1.165) is 26.0 Å². The van der Waals surface area contributed by atoms with Gasteiger partial charge in [-0.15, -0.1) is 28.1 Å². The zero-order chi connectivity index (χ0) is 24.6. The molecule has 11 heteroatoms. The van der Waals surface area contributed by atoms with Crippen LogP contribution in [0.25, 0.3) is 0 Å². The van der Waals surface area contributed by atoms with E-state index in [9.17, 15) is 4.79 Å². The number of ether oxygens (including phenoxy) is 1. The van der Waals surface area contributed by atoms with Gasteiger partial charge >= 0.3 is 0 Å². The Morgan fingerprint density at radius 1 is 1.11 bits per heavy atom. The first-order chi connectivity index (χ1) is 17.0. The summed E-state index contributed by atoms with van der Waals surface area (Å²) < 4.78 is 9.75. The number of rotatable bonds is 11. The molecule has 2 aromatic heterocycles. The fourth-order valence-electron chi connectivity index (χ4n) is 3.06. The molecule has 1 N–H and O–H groups in total. The summed E-state index contributed by atoms with van der Waals surface area (Å²) in [5, 5.41) is 12.6. The van der Waals surface area contributed by atoms with Crippen LogP contribution in [0.4, 0.5) is 5.13 Å². The lowest BCUT2D eigenvalue weighted by Crippen LogP contribution is -2.14. The maximum atomic E-state index is 12.5. The summed E-state index contributed by atoms with van der Waals surface area (Å²) in [6, 6.07) is 15.7. The van der Waals surface area contributed by atoms with Gasteiger partial charge in [0, 0.05) is 33.0 Å². The van der Waals surface area contributed by atoms with Crippen LogP contribution in [-0.2, 0) is 24.4 Å². The largest absolute Gasteiger partial charge is 0.486 e. The van der Waals surface area contributed by atoms with E-state index in [0.29, 0.717) is 22.7 Å². The van der Waals surface area contributed by atoms with E-state index in [1.165, 1.54) is 28.7 Å². The number of amides is 1. The molecule has 0 radical (unpaired) electrons. The lowest BCUT2D eigenvalue weighted by Gasteiger charge is -2.09. The third-order valence-corrected chi connectivity index (χ3v) is 7.65. The van der Waals surface area contributed by atoms with Crippen LogP contribution in [0.1, 0.15) is 16.3 Å². The van der Waals surface area contributed by atoms with E-state index in [2.05, 4.69) is 71.1 Å². The van der Waals surface area contributed by atoms with Gasteiger partial charge in [-0.1, -0.05) is 61.8 Å². The van der Waals surface area contributed by atoms with Crippen molar-refractivity contribution in [3.05, 3.63) is 92.6 Å². The standard InChI is InChI=1S/C24H21Br2N5O2S2/c1-2-11-31-21(14-33-19-9-7-18(26)8-10-19)29-30-24(31)34-15-22(32)28-23-27-13-20(35-23)12-16-3-5-17(25)6-4-16/h2-10,13H,1,11-12,14-15H2,(H,27,28,32). The van der Waals surface area contributed by atoms with Crippen molar-refractivity contribution in [3.8, 4) is 5.75 Å². The molecule has 0 aliphatic heterocycles. The second-order valence-corrected chi connectivity index (χ2v) is 11.2. The Bertz CT molecular complexity index is 1290. The number of allylic oxidation sites excluding steroid dienone is 1. The molecular weight excluding hydrogens is 614 g/mol. The zero-order valence-corrected chi connectivity index (χ0v) is 23.3. The van der Waals surface area contributed by atoms with Crippen molar-refractivity contribution in [3.63, 3.8) is 0 Å². The van der Waals surface area contributed by atoms with Gasteiger partial charge in [0.15, 0.2) is 16.1 Å². The quantitative estimate of drug-likeness (QED) is 0.153. The summed E-state index contributed by atoms with van der Waals surface area (Å²) in [6.07, 6.45) is 4.33. The molecule has 2 heterocycles. The van der Waals surface area contributed by atoms with Gasteiger partial charge in [0.25, 0.3) is 0 Å². The Kier molecular flexibility index (Phi) is 9.13. The first-order valence-electron chi connectivity index (χ1n) is 10.5. The molecule has 35 heavy (non-hydrogen) atoms. The molecule has 0 bridgehead atoms. The van der Waals surface area contributed by atoms with Crippen LogP contribution in [0, 0.1) is 0 Å². The van der Waals surface area contributed by atoms with Crippen molar-refractivity contribution in [2.75, 3.05) is 11.1 Å². The Morgan fingerprint density at radius 2 is 1.83 bits per heavy atom. The SMILES string of the molecule is C=CCn1c(COc2ccc(Br)cc2)nnc1SCC(=O)Nc1ncc(Cc2ccc(Br)cc2)s1. The summed E-state index contributed by atoms with van der Waals surface area (Å²) in [4.78, 5) is 17.9. The number of carbonyl (C=O) groups excluding carboxylic acids is 1. The van der Waals surface area contributed by atoms with Crippen LogP contribution in [-0.4, -0.2) is 31.4 Å². The van der Waals surface area contributed by atoms with Crippen LogP contribution in [0.2, 0.25) is 0 Å². The third kappa shape index (κ3) is 7.50. The highest BCUT2D eigenvalue weighted by atomic mass is 79.9. The maximum absolute atomic E-state index is 12.5. The van der Waals surface area contributed by atoms with E-state index < -0.39 is 0 Å². The van der Waals surface area contributed by atoms with Gasteiger partial charge in [-0.25, -0.2) is 4.98 Å². The summed E-state index contributed by atoms with van der Waals surface area (Å²) >= 11 is 9.64. The maximum Gasteiger partial charge on any atom is 0.236 e. The summed E-state index contributed by atoms with van der Waals surface area (Å²) in [5.74, 6) is 1.43. The molecule has 2 aromatic carbocycles. The average Bonchev–Trinajstić information content (AvgIpc) is 3.45. The second-order valence-electron chi connectivity index (χ2n) is 7.31. The number of anilines is 1. The number of benzene rings is 2. The molecule has 4 rings (SSSR count). The van der Waals surface area contributed by atoms with E-state index >= 15 is 0 Å². The highest BCUT2D eigenvalue weighted by molar-refractivity contribution is 9.10. The van der Waals surface area contributed by atoms with Gasteiger partial charge in [0.05, 0.1) is 5.75 Å². The molecule has 7 nitrogen and oxygen atoms in total. The molecule has 0 fully saturated rings. The van der Waals surface area contributed by atoms with Crippen LogP contribution in [0.3, 0.4) is 0 Å². The van der Waals surface area contributed by atoms with Gasteiger partial charge in [0.2, 0.25) is 5.91 Å². The molecule has 0 spiro atoms. The van der Waals surface area contributed by atoms with E-state index in [4.69, 9.17) is 4.74 Å². The molecule has 1 amide bonds. The number of thiazole rings is 1. The Labute approximate surface area is 228 Å². The smallest absolute Gasteiger partial charge is 0.236 e. The highest BCUT2D eigenvalue weighted by Crippen LogP contribution is 2.24. The molecule has 0 unspecified atom stereocenters. The fourth-order valence-corrected chi connectivity index (χ4v) is 5.22. The van der Waals surface area contributed by atoms with Crippen LogP contribution < -0.4 is 10.1 Å². The predicted octanol–water partition coefficient (Wildman–Crippen LogP) is 6.35. The number of hydrogen-bond acceptors (Lipinski definition) is 7. The van der Waals surface area contributed by atoms with Crippen molar-refractivity contribution in [2.24, 2.45) is 0 Å². The number of carbonyl (C=O) groups is 1.